The van der Waals surface area contributed by atoms with E-state index in [-0.39, 0.29) is 0 Å². The lowest BCUT2D eigenvalue weighted by Gasteiger charge is -2.40. The molecule has 1 aliphatic heterocycles. The van der Waals surface area contributed by atoms with Crippen LogP contribution in [0, 0.1) is 11.3 Å². The first-order valence-corrected chi connectivity index (χ1v) is 21.6. The molecule has 2 aliphatic rings. The molecule has 0 amide bonds. The van der Waals surface area contributed by atoms with Crippen molar-refractivity contribution in [1.82, 2.24) is 9.97 Å². The van der Waals surface area contributed by atoms with E-state index in [1.54, 1.807) is 0 Å². The summed E-state index contributed by atoms with van der Waals surface area (Å²) in [5.74, 6) is 2.28. The van der Waals surface area contributed by atoms with Gasteiger partial charge >= 0.3 is 0 Å². The molecule has 0 unspecified atom stereocenters. The number of hydrogen-bond acceptors (Lipinski definition) is 4. The Morgan fingerprint density at radius 2 is 1.02 bits per heavy atom. The SMILES string of the molecule is N#Cc1cccc(-c2ccc3c(-c4nc(-c5ccc(-c6ccccc6)cc5)c5ccccc5n4)cc4c(c3c2)Oc2c(ccc3ccccc23)C42c3ccccc3-c3ccccc32)c1. The lowest BCUT2D eigenvalue weighted by Crippen LogP contribution is -2.32. The normalized spacial score (nSPS) is 12.9. The number of nitrogens with zero attached hydrogens (tertiary/aromatic N) is 3. The minimum absolute atomic E-state index is 0.608. The summed E-state index contributed by atoms with van der Waals surface area (Å²) in [6.45, 7) is 0. The monoisotopic (exact) mass is 813 g/mol. The van der Waals surface area contributed by atoms with E-state index in [0.717, 1.165) is 88.6 Å². The predicted molar refractivity (Wildman–Crippen MR) is 258 cm³/mol. The minimum atomic E-state index is -0.743. The quantitative estimate of drug-likeness (QED) is 0.178. The van der Waals surface area contributed by atoms with Crippen molar-refractivity contribution < 1.29 is 4.74 Å². The molecule has 4 heteroatoms. The van der Waals surface area contributed by atoms with Gasteiger partial charge in [0.25, 0.3) is 0 Å². The summed E-state index contributed by atoms with van der Waals surface area (Å²) in [6, 6.07) is 77.2. The van der Waals surface area contributed by atoms with Crippen LogP contribution in [0.25, 0.3) is 88.5 Å². The van der Waals surface area contributed by atoms with E-state index >= 15 is 0 Å². The summed E-state index contributed by atoms with van der Waals surface area (Å²) in [5, 5.41) is 15.0. The molecule has 64 heavy (non-hydrogen) atoms. The van der Waals surface area contributed by atoms with Crippen molar-refractivity contribution in [2.45, 2.75) is 5.41 Å². The zero-order chi connectivity index (χ0) is 42.4. The van der Waals surface area contributed by atoms with Crippen LogP contribution >= 0.6 is 0 Å². The zero-order valence-electron chi connectivity index (χ0n) is 34.5. The smallest absolute Gasteiger partial charge is 0.161 e. The number of aromatic nitrogens is 2. The van der Waals surface area contributed by atoms with Gasteiger partial charge in [0.05, 0.1) is 28.3 Å². The molecule has 1 aromatic heterocycles. The molecule has 0 bridgehead atoms. The molecule has 2 heterocycles. The Morgan fingerprint density at radius 1 is 0.391 bits per heavy atom. The lowest BCUT2D eigenvalue weighted by molar-refractivity contribution is 0.447. The van der Waals surface area contributed by atoms with Crippen molar-refractivity contribution >= 4 is 32.4 Å². The summed E-state index contributed by atoms with van der Waals surface area (Å²) in [5.41, 5.74) is 14.7. The first-order valence-electron chi connectivity index (χ1n) is 21.6. The van der Waals surface area contributed by atoms with Gasteiger partial charge in [0.1, 0.15) is 11.5 Å². The maximum atomic E-state index is 9.92. The number of rotatable bonds is 4. The van der Waals surface area contributed by atoms with Gasteiger partial charge in [-0.3, -0.25) is 0 Å². The minimum Gasteiger partial charge on any atom is -0.455 e. The van der Waals surface area contributed by atoms with E-state index in [2.05, 4.69) is 188 Å². The topological polar surface area (TPSA) is 58.8 Å². The van der Waals surface area contributed by atoms with Gasteiger partial charge in [0, 0.05) is 38.4 Å². The number of para-hydroxylation sites is 1. The van der Waals surface area contributed by atoms with E-state index in [9.17, 15) is 5.26 Å². The van der Waals surface area contributed by atoms with Crippen LogP contribution in [0.2, 0.25) is 0 Å². The molecule has 0 atom stereocenters. The van der Waals surface area contributed by atoms with Crippen LogP contribution in [0.5, 0.6) is 11.5 Å². The van der Waals surface area contributed by atoms with Gasteiger partial charge in [-0.05, 0) is 85.6 Å². The molecule has 10 aromatic carbocycles. The second-order valence-corrected chi connectivity index (χ2v) is 16.7. The lowest BCUT2D eigenvalue weighted by atomic mass is 9.65. The largest absolute Gasteiger partial charge is 0.455 e. The van der Waals surface area contributed by atoms with Crippen LogP contribution in [-0.4, -0.2) is 9.97 Å². The predicted octanol–water partition coefficient (Wildman–Crippen LogP) is 14.9. The van der Waals surface area contributed by atoms with Crippen molar-refractivity contribution in [2.24, 2.45) is 0 Å². The summed E-state index contributed by atoms with van der Waals surface area (Å²) in [7, 11) is 0. The molecule has 0 N–H and O–H groups in total. The summed E-state index contributed by atoms with van der Waals surface area (Å²) in [4.78, 5) is 10.9. The third-order valence-corrected chi connectivity index (χ3v) is 13.4. The van der Waals surface area contributed by atoms with Gasteiger partial charge in [-0.1, -0.05) is 182 Å². The molecule has 296 valence electrons. The number of benzene rings is 10. The third-order valence-electron chi connectivity index (χ3n) is 13.4. The number of nitriles is 1. The number of ether oxygens (including phenoxy) is 1. The second-order valence-electron chi connectivity index (χ2n) is 16.7. The highest BCUT2D eigenvalue weighted by Gasteiger charge is 2.52. The maximum Gasteiger partial charge on any atom is 0.161 e. The molecule has 0 saturated heterocycles. The molecule has 0 saturated carbocycles. The highest BCUT2D eigenvalue weighted by atomic mass is 16.5. The van der Waals surface area contributed by atoms with E-state index in [1.165, 1.54) is 27.8 Å². The van der Waals surface area contributed by atoms with Crippen molar-refractivity contribution in [1.29, 1.82) is 5.26 Å². The van der Waals surface area contributed by atoms with Crippen LogP contribution in [0.3, 0.4) is 0 Å². The molecule has 1 spiro atoms. The molecular weight excluding hydrogens is 779 g/mol. The molecule has 0 radical (unpaired) electrons. The second kappa shape index (κ2) is 13.9. The van der Waals surface area contributed by atoms with Gasteiger partial charge in [-0.25, -0.2) is 9.97 Å². The van der Waals surface area contributed by atoms with Gasteiger partial charge in [0.2, 0.25) is 0 Å². The molecule has 13 rings (SSSR count). The third kappa shape index (κ3) is 5.22. The van der Waals surface area contributed by atoms with Gasteiger partial charge in [0.15, 0.2) is 5.82 Å². The van der Waals surface area contributed by atoms with E-state index in [1.807, 2.05) is 30.3 Å². The Kier molecular flexibility index (Phi) is 7.85. The number of fused-ring (bicyclic) bond motifs is 14. The Labute approximate surface area is 370 Å². The fraction of sp³-hybridized carbons (Fsp3) is 0.0167. The molecule has 11 aromatic rings. The van der Waals surface area contributed by atoms with Crippen LogP contribution in [0.4, 0.5) is 0 Å². The zero-order valence-corrected chi connectivity index (χ0v) is 34.5. The fourth-order valence-electron chi connectivity index (χ4n) is 10.5. The highest BCUT2D eigenvalue weighted by molar-refractivity contribution is 6.07. The summed E-state index contributed by atoms with van der Waals surface area (Å²) < 4.78 is 7.47. The standard InChI is InChI=1S/C60H35N3O/c61-36-37-13-12-17-42(33-37)43-29-31-45-49(34-43)58-54(35-50(45)59-62-55-24-11-8-21-48(55)56(63-59)41-27-25-39(26-28-41)38-14-2-1-3-15-38)60(53-32-30-40-16-4-5-18-44(40)57(53)64-58)51-22-9-6-19-46(51)47-20-7-10-23-52(47)60/h1-35H. The molecule has 4 nitrogen and oxygen atoms in total. The maximum absolute atomic E-state index is 9.92. The van der Waals surface area contributed by atoms with Crippen LogP contribution in [-0.2, 0) is 5.41 Å². The molecule has 0 fully saturated rings. The van der Waals surface area contributed by atoms with Crippen molar-refractivity contribution in [3.8, 4) is 73.6 Å². The van der Waals surface area contributed by atoms with E-state index < -0.39 is 5.41 Å². The van der Waals surface area contributed by atoms with Crippen molar-refractivity contribution in [3.63, 3.8) is 0 Å². The van der Waals surface area contributed by atoms with Gasteiger partial charge in [-0.15, -0.1) is 0 Å². The van der Waals surface area contributed by atoms with E-state index in [0.29, 0.717) is 11.4 Å². The average molecular weight is 814 g/mol. The summed E-state index contributed by atoms with van der Waals surface area (Å²) in [6.07, 6.45) is 0. The van der Waals surface area contributed by atoms with Crippen LogP contribution in [0.1, 0.15) is 27.8 Å². The first-order chi connectivity index (χ1) is 31.7. The highest BCUT2D eigenvalue weighted by Crippen LogP contribution is 2.64. The first kappa shape index (κ1) is 36.0. The van der Waals surface area contributed by atoms with Gasteiger partial charge < -0.3 is 4.74 Å². The molecule has 1 aliphatic carbocycles. The summed E-state index contributed by atoms with van der Waals surface area (Å²) >= 11 is 0. The van der Waals surface area contributed by atoms with Crippen LogP contribution < -0.4 is 4.74 Å². The Bertz CT molecular complexity index is 3730. The Hall–Kier alpha value is -8.65. The van der Waals surface area contributed by atoms with E-state index in [4.69, 9.17) is 14.7 Å². The van der Waals surface area contributed by atoms with Gasteiger partial charge in [-0.2, -0.15) is 5.26 Å². The van der Waals surface area contributed by atoms with Crippen molar-refractivity contribution in [2.75, 3.05) is 0 Å². The average Bonchev–Trinajstić information content (AvgIpc) is 3.66. The fourth-order valence-corrected chi connectivity index (χ4v) is 10.5. The molecular formula is C60H35N3O. The van der Waals surface area contributed by atoms with Crippen LogP contribution in [0.15, 0.2) is 212 Å². The Morgan fingerprint density at radius 3 is 1.81 bits per heavy atom. The van der Waals surface area contributed by atoms with Crippen molar-refractivity contribution in [3.05, 3.63) is 240 Å². The number of hydrogen-bond donors (Lipinski definition) is 0. The Balaban J connectivity index is 1.15.